The minimum atomic E-state index is -0.0665. The Morgan fingerprint density at radius 1 is 1.12 bits per heavy atom. The van der Waals surface area contributed by atoms with Crippen LogP contribution in [0.4, 0.5) is 16.2 Å². The minimum Gasteiger partial charge on any atom is -0.367 e. The molecule has 6 heteroatoms. The van der Waals surface area contributed by atoms with Crippen LogP contribution in [0.3, 0.4) is 0 Å². The van der Waals surface area contributed by atoms with Crippen molar-refractivity contribution in [3.8, 4) is 0 Å². The molecule has 1 aliphatic rings. The average Bonchev–Trinajstić information content (AvgIpc) is 2.64. The highest BCUT2D eigenvalue weighted by atomic mass is 35.5. The van der Waals surface area contributed by atoms with E-state index in [1.54, 1.807) is 17.8 Å². The fraction of sp³-hybridized carbons (Fsp3) is 0.316. The number of carbonyl (C=O) groups is 1. The maximum atomic E-state index is 12.5. The molecule has 2 aromatic rings. The Kier molecular flexibility index (Phi) is 5.76. The van der Waals surface area contributed by atoms with Crippen LogP contribution < -0.4 is 10.2 Å². The average molecular weight is 376 g/mol. The van der Waals surface area contributed by atoms with Gasteiger partial charge in [0.2, 0.25) is 0 Å². The van der Waals surface area contributed by atoms with Crippen molar-refractivity contribution in [1.29, 1.82) is 0 Å². The van der Waals surface area contributed by atoms with Gasteiger partial charge in [-0.1, -0.05) is 29.8 Å². The molecule has 1 aliphatic heterocycles. The summed E-state index contributed by atoms with van der Waals surface area (Å²) in [6, 6.07) is 13.9. The number of halogens is 1. The van der Waals surface area contributed by atoms with E-state index in [9.17, 15) is 4.79 Å². The highest BCUT2D eigenvalue weighted by molar-refractivity contribution is 7.98. The number of hydrogen-bond acceptors (Lipinski definition) is 3. The van der Waals surface area contributed by atoms with Crippen LogP contribution in [0.15, 0.2) is 47.4 Å². The first-order valence-electron chi connectivity index (χ1n) is 8.28. The predicted molar refractivity (Wildman–Crippen MR) is 107 cm³/mol. The lowest BCUT2D eigenvalue weighted by molar-refractivity contribution is 0.208. The highest BCUT2D eigenvalue weighted by Crippen LogP contribution is 2.29. The number of thioether (sulfide) groups is 1. The molecule has 0 aliphatic carbocycles. The van der Waals surface area contributed by atoms with Crippen molar-refractivity contribution < 1.29 is 4.79 Å². The van der Waals surface area contributed by atoms with Gasteiger partial charge in [0.05, 0.1) is 5.69 Å². The second kappa shape index (κ2) is 8.02. The van der Waals surface area contributed by atoms with E-state index in [2.05, 4.69) is 40.7 Å². The van der Waals surface area contributed by atoms with Crippen molar-refractivity contribution in [3.63, 3.8) is 0 Å². The monoisotopic (exact) mass is 375 g/mol. The van der Waals surface area contributed by atoms with Gasteiger partial charge in [0, 0.05) is 41.8 Å². The normalized spacial score (nSPS) is 14.5. The van der Waals surface area contributed by atoms with Crippen molar-refractivity contribution in [2.24, 2.45) is 0 Å². The molecular formula is C19H22ClN3OS. The summed E-state index contributed by atoms with van der Waals surface area (Å²) in [6.45, 7) is 5.03. The number of anilines is 2. The number of rotatable bonds is 3. The van der Waals surface area contributed by atoms with Gasteiger partial charge in [-0.3, -0.25) is 0 Å². The lowest BCUT2D eigenvalue weighted by atomic mass is 10.2. The molecule has 0 aromatic heterocycles. The Labute approximate surface area is 158 Å². The Hall–Kier alpha value is -1.85. The van der Waals surface area contributed by atoms with E-state index in [1.807, 2.05) is 24.0 Å². The Balaban J connectivity index is 1.62. The van der Waals surface area contributed by atoms with Gasteiger partial charge in [-0.2, -0.15) is 0 Å². The number of carbonyl (C=O) groups excluding carboxylic acids is 1. The van der Waals surface area contributed by atoms with Crippen LogP contribution in [-0.4, -0.2) is 43.4 Å². The van der Waals surface area contributed by atoms with E-state index in [1.165, 1.54) is 10.6 Å². The van der Waals surface area contributed by atoms with Gasteiger partial charge in [0.15, 0.2) is 0 Å². The standard InChI is InChI=1S/C19H22ClN3OS/c1-14-7-8-15(20)13-16(14)21-19(24)23-11-9-22(10-12-23)17-5-3-4-6-18(17)25-2/h3-8,13H,9-12H2,1-2H3,(H,21,24). The Bertz CT molecular complexity index is 760. The summed E-state index contributed by atoms with van der Waals surface area (Å²) in [5.41, 5.74) is 3.03. The molecule has 0 spiro atoms. The lowest BCUT2D eigenvalue weighted by Gasteiger charge is -2.36. The molecule has 1 heterocycles. The molecule has 4 nitrogen and oxygen atoms in total. The Morgan fingerprint density at radius 3 is 2.56 bits per heavy atom. The summed E-state index contributed by atoms with van der Waals surface area (Å²) in [5.74, 6) is 0. The van der Waals surface area contributed by atoms with E-state index >= 15 is 0 Å². The van der Waals surface area contributed by atoms with E-state index in [4.69, 9.17) is 11.6 Å². The molecule has 1 saturated heterocycles. The van der Waals surface area contributed by atoms with Crippen molar-refractivity contribution in [2.45, 2.75) is 11.8 Å². The topological polar surface area (TPSA) is 35.6 Å². The first kappa shape index (κ1) is 18.0. The molecule has 0 saturated carbocycles. The number of urea groups is 1. The second-order valence-electron chi connectivity index (χ2n) is 6.04. The third-order valence-corrected chi connectivity index (χ3v) is 5.45. The lowest BCUT2D eigenvalue weighted by Crippen LogP contribution is -2.50. The quantitative estimate of drug-likeness (QED) is 0.788. The SMILES string of the molecule is CSc1ccccc1N1CCN(C(=O)Nc2cc(Cl)ccc2C)CC1. The van der Waals surface area contributed by atoms with Gasteiger partial charge in [-0.05, 0) is 43.0 Å². The van der Waals surface area contributed by atoms with Gasteiger partial charge >= 0.3 is 6.03 Å². The molecule has 1 fully saturated rings. The van der Waals surface area contributed by atoms with Gasteiger partial charge in [0.25, 0.3) is 0 Å². The van der Waals surface area contributed by atoms with Gasteiger partial charge < -0.3 is 15.1 Å². The third kappa shape index (κ3) is 4.22. The van der Waals surface area contributed by atoms with E-state index in [0.29, 0.717) is 18.1 Å². The summed E-state index contributed by atoms with van der Waals surface area (Å²) < 4.78 is 0. The molecule has 2 amide bonds. The summed E-state index contributed by atoms with van der Waals surface area (Å²) >= 11 is 7.78. The highest BCUT2D eigenvalue weighted by Gasteiger charge is 2.22. The van der Waals surface area contributed by atoms with Gasteiger partial charge in [-0.25, -0.2) is 4.79 Å². The molecule has 0 atom stereocenters. The van der Waals surface area contributed by atoms with E-state index < -0.39 is 0 Å². The van der Waals surface area contributed by atoms with Crippen molar-refractivity contribution >= 4 is 40.8 Å². The van der Waals surface area contributed by atoms with Gasteiger partial charge in [-0.15, -0.1) is 11.8 Å². The van der Waals surface area contributed by atoms with E-state index in [0.717, 1.165) is 24.3 Å². The Morgan fingerprint density at radius 2 is 1.84 bits per heavy atom. The zero-order valence-electron chi connectivity index (χ0n) is 14.5. The maximum Gasteiger partial charge on any atom is 0.321 e. The number of nitrogens with zero attached hydrogens (tertiary/aromatic N) is 2. The number of nitrogens with one attached hydrogen (secondary N) is 1. The molecule has 1 N–H and O–H groups in total. The number of benzene rings is 2. The molecule has 0 bridgehead atoms. The summed E-state index contributed by atoms with van der Waals surface area (Å²) in [5, 5.41) is 3.60. The number of aryl methyl sites for hydroxylation is 1. The van der Waals surface area contributed by atoms with Crippen LogP contribution >= 0.6 is 23.4 Å². The summed E-state index contributed by atoms with van der Waals surface area (Å²) in [6.07, 6.45) is 2.09. The van der Waals surface area contributed by atoms with Crippen molar-refractivity contribution in [3.05, 3.63) is 53.1 Å². The van der Waals surface area contributed by atoms with Crippen molar-refractivity contribution in [2.75, 3.05) is 42.7 Å². The summed E-state index contributed by atoms with van der Waals surface area (Å²) in [7, 11) is 0. The molecular weight excluding hydrogens is 354 g/mol. The number of amides is 2. The molecule has 132 valence electrons. The molecule has 2 aromatic carbocycles. The zero-order chi connectivity index (χ0) is 17.8. The number of piperazine rings is 1. The van der Waals surface area contributed by atoms with Crippen LogP contribution in [0.25, 0.3) is 0 Å². The largest absolute Gasteiger partial charge is 0.367 e. The molecule has 3 rings (SSSR count). The zero-order valence-corrected chi connectivity index (χ0v) is 16.0. The maximum absolute atomic E-state index is 12.5. The second-order valence-corrected chi connectivity index (χ2v) is 7.32. The van der Waals surface area contributed by atoms with Crippen LogP contribution in [-0.2, 0) is 0 Å². The summed E-state index contributed by atoms with van der Waals surface area (Å²) in [4.78, 5) is 18.0. The van der Waals surface area contributed by atoms with Crippen LogP contribution in [0.1, 0.15) is 5.56 Å². The first-order valence-corrected chi connectivity index (χ1v) is 9.89. The number of para-hydroxylation sites is 1. The van der Waals surface area contributed by atoms with Crippen molar-refractivity contribution in [1.82, 2.24) is 4.90 Å². The molecule has 0 radical (unpaired) electrons. The molecule has 0 unspecified atom stereocenters. The fourth-order valence-electron chi connectivity index (χ4n) is 2.96. The number of hydrogen-bond donors (Lipinski definition) is 1. The van der Waals surface area contributed by atoms with Crippen LogP contribution in [0.5, 0.6) is 0 Å². The minimum absolute atomic E-state index is 0.0665. The third-order valence-electron chi connectivity index (χ3n) is 4.43. The fourth-order valence-corrected chi connectivity index (χ4v) is 3.76. The predicted octanol–water partition coefficient (Wildman–Crippen LogP) is 4.72. The van der Waals surface area contributed by atoms with Gasteiger partial charge in [0.1, 0.15) is 0 Å². The first-order chi connectivity index (χ1) is 12.1. The smallest absolute Gasteiger partial charge is 0.321 e. The van der Waals surface area contributed by atoms with Crippen LogP contribution in [0, 0.1) is 6.92 Å². The molecule has 25 heavy (non-hydrogen) atoms. The van der Waals surface area contributed by atoms with Crippen LogP contribution in [0.2, 0.25) is 5.02 Å². The van der Waals surface area contributed by atoms with E-state index in [-0.39, 0.29) is 6.03 Å².